The summed E-state index contributed by atoms with van der Waals surface area (Å²) in [5.74, 6) is -1.43. The lowest BCUT2D eigenvalue weighted by molar-refractivity contribution is -0.117. The van der Waals surface area contributed by atoms with Gasteiger partial charge in [0.1, 0.15) is 5.52 Å². The maximum atomic E-state index is 15.0. The van der Waals surface area contributed by atoms with Crippen LogP contribution in [0, 0.1) is 11.2 Å². The minimum atomic E-state index is -3.13. The highest BCUT2D eigenvalue weighted by atomic mass is 19.3. The molecule has 1 aliphatic rings. The van der Waals surface area contributed by atoms with Crippen molar-refractivity contribution >= 4 is 22.9 Å². The molecule has 0 atom stereocenters. The van der Waals surface area contributed by atoms with E-state index in [-0.39, 0.29) is 34.7 Å². The van der Waals surface area contributed by atoms with E-state index < -0.39 is 23.7 Å². The van der Waals surface area contributed by atoms with E-state index in [9.17, 15) is 18.0 Å². The number of imidazole rings is 1. The summed E-state index contributed by atoms with van der Waals surface area (Å²) in [4.78, 5) is 16.8. The summed E-state index contributed by atoms with van der Waals surface area (Å²) >= 11 is 0. The van der Waals surface area contributed by atoms with Crippen molar-refractivity contribution in [1.82, 2.24) is 9.55 Å². The zero-order chi connectivity index (χ0) is 20.0. The van der Waals surface area contributed by atoms with Crippen LogP contribution in [-0.2, 0) is 10.3 Å². The Bertz CT molecular complexity index is 867. The van der Waals surface area contributed by atoms with E-state index in [1.165, 1.54) is 6.07 Å². The largest absolute Gasteiger partial charge is 0.432 e. The number of ether oxygens (including phenoxy) is 1. The van der Waals surface area contributed by atoms with Gasteiger partial charge in [0.2, 0.25) is 11.9 Å². The highest BCUT2D eigenvalue weighted by Crippen LogP contribution is 2.44. The number of amides is 1. The second-order valence-electron chi connectivity index (χ2n) is 8.53. The molecule has 1 fully saturated rings. The molecule has 1 aromatic heterocycles. The molecule has 0 bridgehead atoms. The fourth-order valence-corrected chi connectivity index (χ4v) is 3.47. The van der Waals surface area contributed by atoms with Crippen LogP contribution in [0.1, 0.15) is 53.4 Å². The molecule has 2 aromatic rings. The molecule has 0 aliphatic heterocycles. The smallest absolute Gasteiger partial charge is 0.387 e. The minimum absolute atomic E-state index is 0.0707. The van der Waals surface area contributed by atoms with E-state index in [1.54, 1.807) is 4.57 Å². The van der Waals surface area contributed by atoms with E-state index in [0.29, 0.717) is 0 Å². The van der Waals surface area contributed by atoms with E-state index in [1.807, 2.05) is 27.7 Å². The van der Waals surface area contributed by atoms with Crippen molar-refractivity contribution in [2.75, 3.05) is 5.32 Å². The molecule has 148 valence electrons. The fraction of sp³-hybridized carbons (Fsp3) is 0.579. The van der Waals surface area contributed by atoms with Crippen molar-refractivity contribution in [3.8, 4) is 5.75 Å². The van der Waals surface area contributed by atoms with Gasteiger partial charge in [0.05, 0.1) is 5.52 Å². The predicted octanol–water partition coefficient (Wildman–Crippen LogP) is 5.05. The summed E-state index contributed by atoms with van der Waals surface area (Å²) in [6.07, 6.45) is 2.79. The second-order valence-corrected chi connectivity index (χ2v) is 8.53. The highest BCUT2D eigenvalue weighted by Gasteiger charge is 2.38. The van der Waals surface area contributed by atoms with Gasteiger partial charge in [-0.2, -0.15) is 8.78 Å². The summed E-state index contributed by atoms with van der Waals surface area (Å²) in [7, 11) is 0. The Hall–Kier alpha value is -2.25. The van der Waals surface area contributed by atoms with Gasteiger partial charge >= 0.3 is 6.61 Å². The van der Waals surface area contributed by atoms with Crippen LogP contribution in [0.5, 0.6) is 5.75 Å². The molecule has 1 N–H and O–H groups in total. The molecule has 1 aromatic carbocycles. The molecule has 5 nitrogen and oxygen atoms in total. The Morgan fingerprint density at radius 1 is 1.37 bits per heavy atom. The molecule has 8 heteroatoms. The van der Waals surface area contributed by atoms with Crippen LogP contribution in [0.4, 0.5) is 19.1 Å². The van der Waals surface area contributed by atoms with Crippen molar-refractivity contribution in [1.29, 1.82) is 0 Å². The van der Waals surface area contributed by atoms with Crippen LogP contribution in [0.3, 0.4) is 0 Å². The zero-order valence-electron chi connectivity index (χ0n) is 15.9. The van der Waals surface area contributed by atoms with Crippen molar-refractivity contribution in [2.45, 2.75) is 65.5 Å². The lowest BCUT2D eigenvalue weighted by atomic mass is 9.78. The maximum absolute atomic E-state index is 15.0. The fourth-order valence-electron chi connectivity index (χ4n) is 3.47. The van der Waals surface area contributed by atoms with Gasteiger partial charge in [-0.3, -0.25) is 10.1 Å². The Kier molecular flexibility index (Phi) is 4.86. The molecule has 1 amide bonds. The van der Waals surface area contributed by atoms with E-state index in [4.69, 9.17) is 0 Å². The number of rotatable bonds is 5. The number of benzene rings is 1. The lowest BCUT2D eigenvalue weighted by Crippen LogP contribution is -2.38. The number of carbonyl (C=O) groups excluding carboxylic acids is 1. The number of nitrogens with zero attached hydrogens (tertiary/aromatic N) is 2. The van der Waals surface area contributed by atoms with Gasteiger partial charge < -0.3 is 9.30 Å². The molecule has 27 heavy (non-hydrogen) atoms. The summed E-state index contributed by atoms with van der Waals surface area (Å²) in [6.45, 7) is 4.64. The standard InChI is InChI=1S/C19H24F3N3O2/c1-18(2,3)10-13(26)24-17-23-11-6-7-12(27-16(21)22)14(20)15(11)25(17)19(4)8-5-9-19/h6-7,16H,5,8-10H2,1-4H3,(H,23,24,26). The second kappa shape index (κ2) is 6.73. The topological polar surface area (TPSA) is 56.1 Å². The Balaban J connectivity index is 2.09. The van der Waals surface area contributed by atoms with Gasteiger partial charge in [-0.25, -0.2) is 9.37 Å². The predicted molar refractivity (Wildman–Crippen MR) is 96.5 cm³/mol. The number of alkyl halides is 2. The minimum Gasteiger partial charge on any atom is -0.432 e. The lowest BCUT2D eigenvalue weighted by Gasteiger charge is -2.41. The van der Waals surface area contributed by atoms with Crippen molar-refractivity contribution in [3.05, 3.63) is 17.9 Å². The van der Waals surface area contributed by atoms with Gasteiger partial charge in [-0.05, 0) is 43.7 Å². The van der Waals surface area contributed by atoms with Crippen LogP contribution >= 0.6 is 0 Å². The summed E-state index contributed by atoms with van der Waals surface area (Å²) < 4.78 is 46.0. The van der Waals surface area contributed by atoms with Crippen LogP contribution in [0.15, 0.2) is 12.1 Å². The summed E-state index contributed by atoms with van der Waals surface area (Å²) in [5.41, 5.74) is -0.302. The third-order valence-electron chi connectivity index (χ3n) is 4.85. The molecule has 0 radical (unpaired) electrons. The van der Waals surface area contributed by atoms with Crippen molar-refractivity contribution in [2.24, 2.45) is 5.41 Å². The molecule has 0 unspecified atom stereocenters. The summed E-state index contributed by atoms with van der Waals surface area (Å²) in [5, 5.41) is 2.78. The van der Waals surface area contributed by atoms with E-state index in [0.717, 1.165) is 25.3 Å². The number of aromatic nitrogens is 2. The SMILES string of the molecule is CC(C)(C)CC(=O)Nc1nc2ccc(OC(F)F)c(F)c2n1C1(C)CCC1. The van der Waals surface area contributed by atoms with Crippen molar-refractivity contribution in [3.63, 3.8) is 0 Å². The van der Waals surface area contributed by atoms with Gasteiger partial charge in [0.25, 0.3) is 0 Å². The Labute approximate surface area is 155 Å². The third kappa shape index (κ3) is 3.89. The molecule has 0 spiro atoms. The molecule has 1 aliphatic carbocycles. The zero-order valence-corrected chi connectivity index (χ0v) is 15.9. The average molecular weight is 383 g/mol. The Morgan fingerprint density at radius 2 is 2.04 bits per heavy atom. The molecule has 3 rings (SSSR count). The quantitative estimate of drug-likeness (QED) is 0.786. The number of anilines is 1. The monoisotopic (exact) mass is 383 g/mol. The number of nitrogens with one attached hydrogen (secondary N) is 1. The van der Waals surface area contributed by atoms with E-state index in [2.05, 4.69) is 15.0 Å². The first-order valence-electron chi connectivity index (χ1n) is 8.96. The summed E-state index contributed by atoms with van der Waals surface area (Å²) in [6, 6.07) is 2.55. The van der Waals surface area contributed by atoms with Crippen LogP contribution in [0.2, 0.25) is 0 Å². The maximum Gasteiger partial charge on any atom is 0.387 e. The Morgan fingerprint density at radius 3 is 2.56 bits per heavy atom. The molecular weight excluding hydrogens is 359 g/mol. The van der Waals surface area contributed by atoms with Crippen LogP contribution in [-0.4, -0.2) is 22.1 Å². The van der Waals surface area contributed by atoms with Crippen LogP contribution < -0.4 is 10.1 Å². The first-order chi connectivity index (χ1) is 12.5. The highest BCUT2D eigenvalue weighted by molar-refractivity contribution is 5.92. The third-order valence-corrected chi connectivity index (χ3v) is 4.85. The van der Waals surface area contributed by atoms with Gasteiger partial charge in [0.15, 0.2) is 11.6 Å². The first-order valence-corrected chi connectivity index (χ1v) is 8.96. The average Bonchev–Trinajstić information content (AvgIpc) is 2.84. The van der Waals surface area contributed by atoms with E-state index >= 15 is 0 Å². The number of fused-ring (bicyclic) bond motifs is 1. The number of carbonyl (C=O) groups is 1. The number of hydrogen-bond donors (Lipinski definition) is 1. The van der Waals surface area contributed by atoms with Gasteiger partial charge in [0, 0.05) is 12.0 Å². The molecule has 1 saturated carbocycles. The normalized spacial score (nSPS) is 16.4. The van der Waals surface area contributed by atoms with Gasteiger partial charge in [-0.15, -0.1) is 0 Å². The van der Waals surface area contributed by atoms with Crippen LogP contribution in [0.25, 0.3) is 11.0 Å². The van der Waals surface area contributed by atoms with Gasteiger partial charge in [-0.1, -0.05) is 20.8 Å². The van der Waals surface area contributed by atoms with Crippen molar-refractivity contribution < 1.29 is 22.7 Å². The molecular formula is C19H24F3N3O2. The number of halogens is 3. The molecule has 0 saturated heterocycles. The number of hydrogen-bond acceptors (Lipinski definition) is 3. The first kappa shape index (κ1) is 19.5. The molecule has 1 heterocycles.